The van der Waals surface area contributed by atoms with Gasteiger partial charge in [-0.1, -0.05) is 12.8 Å². The zero-order chi connectivity index (χ0) is 13.9. The molecule has 102 valence electrons. The van der Waals surface area contributed by atoms with Crippen LogP contribution in [0.2, 0.25) is 5.28 Å². The van der Waals surface area contributed by atoms with Gasteiger partial charge in [0.25, 0.3) is 0 Å². The Hall–Kier alpha value is -1.69. The first-order valence-corrected chi connectivity index (χ1v) is 6.41. The van der Waals surface area contributed by atoms with Crippen molar-refractivity contribution in [2.75, 3.05) is 5.32 Å². The molecular formula is C12H14ClN3O3. The van der Waals surface area contributed by atoms with E-state index in [2.05, 4.69) is 15.3 Å². The molecule has 0 atom stereocenters. The number of amides is 1. The van der Waals surface area contributed by atoms with Gasteiger partial charge in [0.2, 0.25) is 11.2 Å². The van der Waals surface area contributed by atoms with Crippen molar-refractivity contribution in [2.45, 2.75) is 32.1 Å². The van der Waals surface area contributed by atoms with E-state index in [-0.39, 0.29) is 23.4 Å². The molecule has 2 rings (SSSR count). The summed E-state index contributed by atoms with van der Waals surface area (Å²) in [7, 11) is 0. The SMILES string of the molecule is O=C(CC1(C(=O)O)CCCC1)Nc1ccnc(Cl)n1. The number of rotatable bonds is 4. The lowest BCUT2D eigenvalue weighted by molar-refractivity contribution is -0.150. The largest absolute Gasteiger partial charge is 0.481 e. The van der Waals surface area contributed by atoms with Crippen molar-refractivity contribution in [3.05, 3.63) is 17.5 Å². The first-order chi connectivity index (χ1) is 9.02. The molecule has 1 fully saturated rings. The second-order valence-corrected chi connectivity index (χ2v) is 5.07. The molecular weight excluding hydrogens is 270 g/mol. The second kappa shape index (κ2) is 5.52. The molecule has 19 heavy (non-hydrogen) atoms. The summed E-state index contributed by atoms with van der Waals surface area (Å²) in [6, 6.07) is 1.51. The molecule has 1 aliphatic rings. The first kappa shape index (κ1) is 13.7. The molecule has 1 amide bonds. The number of halogens is 1. The molecule has 0 aliphatic heterocycles. The van der Waals surface area contributed by atoms with Crippen LogP contribution >= 0.6 is 11.6 Å². The number of hydrogen-bond acceptors (Lipinski definition) is 4. The average Bonchev–Trinajstić information content (AvgIpc) is 2.78. The van der Waals surface area contributed by atoms with E-state index < -0.39 is 11.4 Å². The van der Waals surface area contributed by atoms with Crippen LogP contribution < -0.4 is 5.32 Å². The number of hydrogen-bond donors (Lipinski definition) is 2. The third kappa shape index (κ3) is 3.20. The molecule has 0 unspecified atom stereocenters. The van der Waals surface area contributed by atoms with Crippen LogP contribution in [-0.4, -0.2) is 27.0 Å². The van der Waals surface area contributed by atoms with Crippen LogP contribution in [0, 0.1) is 5.41 Å². The van der Waals surface area contributed by atoms with Crippen LogP contribution in [0.25, 0.3) is 0 Å². The predicted molar refractivity (Wildman–Crippen MR) is 68.8 cm³/mol. The highest BCUT2D eigenvalue weighted by molar-refractivity contribution is 6.28. The summed E-state index contributed by atoms with van der Waals surface area (Å²) in [5.41, 5.74) is -0.930. The van der Waals surface area contributed by atoms with Gasteiger partial charge in [0.05, 0.1) is 5.41 Å². The topological polar surface area (TPSA) is 92.2 Å². The van der Waals surface area contributed by atoms with Crippen molar-refractivity contribution in [1.29, 1.82) is 0 Å². The quantitative estimate of drug-likeness (QED) is 0.826. The molecule has 0 radical (unpaired) electrons. The highest BCUT2D eigenvalue weighted by Crippen LogP contribution is 2.41. The maximum absolute atomic E-state index is 11.9. The van der Waals surface area contributed by atoms with E-state index in [9.17, 15) is 14.7 Å². The van der Waals surface area contributed by atoms with E-state index in [0.29, 0.717) is 12.8 Å². The number of nitrogens with one attached hydrogen (secondary N) is 1. The van der Waals surface area contributed by atoms with Gasteiger partial charge >= 0.3 is 5.97 Å². The van der Waals surface area contributed by atoms with Gasteiger partial charge in [-0.15, -0.1) is 0 Å². The van der Waals surface area contributed by atoms with E-state index in [1.165, 1.54) is 12.3 Å². The molecule has 0 aromatic carbocycles. The number of carboxylic acid groups (broad SMARTS) is 1. The Morgan fingerprint density at radius 2 is 2.11 bits per heavy atom. The summed E-state index contributed by atoms with van der Waals surface area (Å²) >= 11 is 5.61. The summed E-state index contributed by atoms with van der Waals surface area (Å²) in [5, 5.41) is 11.9. The van der Waals surface area contributed by atoms with Gasteiger partial charge in [0, 0.05) is 12.6 Å². The Balaban J connectivity index is 2.02. The van der Waals surface area contributed by atoms with Gasteiger partial charge in [0.1, 0.15) is 5.82 Å². The Kier molecular flexibility index (Phi) is 3.99. The van der Waals surface area contributed by atoms with E-state index in [4.69, 9.17) is 11.6 Å². The highest BCUT2D eigenvalue weighted by atomic mass is 35.5. The maximum Gasteiger partial charge on any atom is 0.310 e. The van der Waals surface area contributed by atoms with Gasteiger partial charge in [-0.2, -0.15) is 0 Å². The lowest BCUT2D eigenvalue weighted by Gasteiger charge is -2.22. The molecule has 1 heterocycles. The van der Waals surface area contributed by atoms with Gasteiger partial charge in [-0.3, -0.25) is 9.59 Å². The van der Waals surface area contributed by atoms with E-state index in [0.717, 1.165) is 12.8 Å². The normalized spacial score (nSPS) is 17.1. The monoisotopic (exact) mass is 283 g/mol. The smallest absolute Gasteiger partial charge is 0.310 e. The third-order valence-corrected chi connectivity index (χ3v) is 3.59. The van der Waals surface area contributed by atoms with Gasteiger partial charge in [-0.05, 0) is 30.5 Å². The number of carbonyl (C=O) groups excluding carboxylic acids is 1. The molecule has 1 aromatic heterocycles. The third-order valence-electron chi connectivity index (χ3n) is 3.41. The Labute approximate surface area is 115 Å². The van der Waals surface area contributed by atoms with Crippen LogP contribution in [0.3, 0.4) is 0 Å². The molecule has 2 N–H and O–H groups in total. The van der Waals surface area contributed by atoms with Gasteiger partial charge < -0.3 is 10.4 Å². The maximum atomic E-state index is 11.9. The van der Waals surface area contributed by atoms with Crippen LogP contribution in [0.5, 0.6) is 0 Å². The van der Waals surface area contributed by atoms with Crippen LogP contribution in [-0.2, 0) is 9.59 Å². The van der Waals surface area contributed by atoms with Crippen molar-refractivity contribution in [3.8, 4) is 0 Å². The number of aromatic nitrogens is 2. The molecule has 7 heteroatoms. The lowest BCUT2D eigenvalue weighted by atomic mass is 9.82. The standard InChI is InChI=1S/C12H14ClN3O3/c13-11-14-6-3-8(16-11)15-9(17)7-12(10(18)19)4-1-2-5-12/h3,6H,1-2,4-5,7H2,(H,18,19)(H,14,15,16,17). The molecule has 0 spiro atoms. The fraction of sp³-hybridized carbons (Fsp3) is 0.500. The Morgan fingerprint density at radius 3 is 2.68 bits per heavy atom. The number of nitrogens with zero attached hydrogens (tertiary/aromatic N) is 2. The predicted octanol–water partition coefficient (Wildman–Crippen LogP) is 2.10. The number of aliphatic carboxylic acids is 1. The zero-order valence-electron chi connectivity index (χ0n) is 10.2. The van der Waals surface area contributed by atoms with Crippen LogP contribution in [0.15, 0.2) is 12.3 Å². The molecule has 0 saturated heterocycles. The van der Waals surface area contributed by atoms with Crippen LogP contribution in [0.1, 0.15) is 32.1 Å². The van der Waals surface area contributed by atoms with E-state index in [1.54, 1.807) is 0 Å². The molecule has 0 bridgehead atoms. The zero-order valence-corrected chi connectivity index (χ0v) is 11.0. The molecule has 1 aromatic rings. The summed E-state index contributed by atoms with van der Waals surface area (Å²) in [5.74, 6) is -0.983. The highest BCUT2D eigenvalue weighted by Gasteiger charge is 2.42. The summed E-state index contributed by atoms with van der Waals surface area (Å²) in [6.07, 6.45) is 4.16. The van der Waals surface area contributed by atoms with Crippen molar-refractivity contribution < 1.29 is 14.7 Å². The number of carbonyl (C=O) groups is 2. The first-order valence-electron chi connectivity index (χ1n) is 6.04. The summed E-state index contributed by atoms with van der Waals surface area (Å²) < 4.78 is 0. The fourth-order valence-corrected chi connectivity index (χ4v) is 2.56. The Bertz CT molecular complexity index is 501. The van der Waals surface area contributed by atoms with Crippen molar-refractivity contribution >= 4 is 29.3 Å². The van der Waals surface area contributed by atoms with Crippen LogP contribution in [0.4, 0.5) is 5.82 Å². The van der Waals surface area contributed by atoms with Gasteiger partial charge in [-0.25, -0.2) is 9.97 Å². The van der Waals surface area contributed by atoms with Crippen molar-refractivity contribution in [1.82, 2.24) is 9.97 Å². The fourth-order valence-electron chi connectivity index (χ4n) is 2.42. The Morgan fingerprint density at radius 1 is 1.42 bits per heavy atom. The lowest BCUT2D eigenvalue weighted by Crippen LogP contribution is -2.32. The second-order valence-electron chi connectivity index (χ2n) is 4.73. The minimum Gasteiger partial charge on any atom is -0.481 e. The van der Waals surface area contributed by atoms with E-state index in [1.807, 2.05) is 0 Å². The molecule has 1 saturated carbocycles. The molecule has 1 aliphatic carbocycles. The number of anilines is 1. The number of carboxylic acids is 1. The van der Waals surface area contributed by atoms with Gasteiger partial charge in [0.15, 0.2) is 0 Å². The summed E-state index contributed by atoms with van der Waals surface area (Å²) in [6.45, 7) is 0. The minimum absolute atomic E-state index is 0.0339. The van der Waals surface area contributed by atoms with Crippen molar-refractivity contribution in [3.63, 3.8) is 0 Å². The minimum atomic E-state index is -0.930. The summed E-state index contributed by atoms with van der Waals surface area (Å²) in [4.78, 5) is 30.8. The molecule has 6 nitrogen and oxygen atoms in total. The van der Waals surface area contributed by atoms with E-state index >= 15 is 0 Å². The average molecular weight is 284 g/mol. The van der Waals surface area contributed by atoms with Crippen molar-refractivity contribution in [2.24, 2.45) is 5.41 Å².